The van der Waals surface area contributed by atoms with Crippen LogP contribution in [0.1, 0.15) is 15.9 Å². The Morgan fingerprint density at radius 2 is 2.09 bits per heavy atom. The average Bonchev–Trinajstić information content (AvgIpc) is 3.04. The van der Waals surface area contributed by atoms with Gasteiger partial charge in [0.1, 0.15) is 6.33 Å². The predicted molar refractivity (Wildman–Crippen MR) is 83.3 cm³/mol. The molecule has 3 rings (SSSR count). The number of nitrogens with one attached hydrogen (secondary N) is 1. The van der Waals surface area contributed by atoms with E-state index in [-0.39, 0.29) is 5.91 Å². The summed E-state index contributed by atoms with van der Waals surface area (Å²) in [4.78, 5) is 12.4. The SMILES string of the molecule is Cc1cc(Cl)ccc1NC(=O)c1cccc(-n2cnnn2)c1. The molecule has 1 N–H and O–H groups in total. The van der Waals surface area contributed by atoms with Gasteiger partial charge in [0.25, 0.3) is 5.91 Å². The number of rotatable bonds is 3. The largest absolute Gasteiger partial charge is 0.322 e. The number of tetrazole rings is 1. The van der Waals surface area contributed by atoms with Crippen LogP contribution in [0.2, 0.25) is 5.02 Å². The minimum atomic E-state index is -0.208. The van der Waals surface area contributed by atoms with Gasteiger partial charge in [-0.15, -0.1) is 5.10 Å². The second-order valence-electron chi connectivity index (χ2n) is 4.72. The van der Waals surface area contributed by atoms with Gasteiger partial charge in [0.2, 0.25) is 0 Å². The molecule has 0 spiro atoms. The molecule has 0 bridgehead atoms. The van der Waals surface area contributed by atoms with Crippen molar-refractivity contribution in [1.29, 1.82) is 0 Å². The van der Waals surface area contributed by atoms with E-state index in [9.17, 15) is 4.79 Å². The van der Waals surface area contributed by atoms with Crippen molar-refractivity contribution >= 4 is 23.2 Å². The second kappa shape index (κ2) is 5.95. The molecular formula is C15H12ClN5O. The van der Waals surface area contributed by atoms with Crippen molar-refractivity contribution in [3.8, 4) is 5.69 Å². The predicted octanol–water partition coefficient (Wildman–Crippen LogP) is 2.88. The normalized spacial score (nSPS) is 10.5. The first-order valence-corrected chi connectivity index (χ1v) is 6.92. The first-order valence-electron chi connectivity index (χ1n) is 6.54. The molecule has 6 nitrogen and oxygen atoms in total. The van der Waals surface area contributed by atoms with Crippen LogP contribution in [-0.4, -0.2) is 26.1 Å². The number of aromatic nitrogens is 4. The highest BCUT2D eigenvalue weighted by Crippen LogP contribution is 2.20. The molecule has 0 unspecified atom stereocenters. The standard InChI is InChI=1S/C15H12ClN5O/c1-10-7-12(16)5-6-14(10)18-15(22)11-3-2-4-13(8-11)21-9-17-19-20-21/h2-9H,1H3,(H,18,22). The van der Waals surface area contributed by atoms with Crippen LogP contribution in [0.5, 0.6) is 0 Å². The molecule has 110 valence electrons. The number of anilines is 1. The van der Waals surface area contributed by atoms with Gasteiger partial charge in [-0.25, -0.2) is 4.68 Å². The summed E-state index contributed by atoms with van der Waals surface area (Å²) in [5.74, 6) is -0.208. The van der Waals surface area contributed by atoms with E-state index in [1.165, 1.54) is 11.0 Å². The third-order valence-electron chi connectivity index (χ3n) is 3.16. The van der Waals surface area contributed by atoms with Crippen LogP contribution in [0.25, 0.3) is 5.69 Å². The van der Waals surface area contributed by atoms with Crippen molar-refractivity contribution in [2.24, 2.45) is 0 Å². The lowest BCUT2D eigenvalue weighted by atomic mass is 10.1. The lowest BCUT2D eigenvalue weighted by Gasteiger charge is -2.09. The fourth-order valence-corrected chi connectivity index (χ4v) is 2.26. The topological polar surface area (TPSA) is 72.7 Å². The van der Waals surface area contributed by atoms with Gasteiger partial charge in [0.15, 0.2) is 0 Å². The minimum Gasteiger partial charge on any atom is -0.322 e. The number of hydrogen-bond acceptors (Lipinski definition) is 4. The van der Waals surface area contributed by atoms with Crippen LogP contribution < -0.4 is 5.32 Å². The second-order valence-corrected chi connectivity index (χ2v) is 5.15. The Kier molecular flexibility index (Phi) is 3.84. The number of nitrogens with zero attached hydrogens (tertiary/aromatic N) is 4. The summed E-state index contributed by atoms with van der Waals surface area (Å²) in [6, 6.07) is 12.4. The van der Waals surface area contributed by atoms with Gasteiger partial charge < -0.3 is 5.32 Å². The summed E-state index contributed by atoms with van der Waals surface area (Å²) in [6.07, 6.45) is 1.47. The van der Waals surface area contributed by atoms with Gasteiger partial charge >= 0.3 is 0 Å². The van der Waals surface area contributed by atoms with Gasteiger partial charge in [-0.3, -0.25) is 4.79 Å². The van der Waals surface area contributed by atoms with E-state index < -0.39 is 0 Å². The molecule has 0 aliphatic carbocycles. The summed E-state index contributed by atoms with van der Waals surface area (Å²) in [6.45, 7) is 1.89. The fraction of sp³-hybridized carbons (Fsp3) is 0.0667. The highest BCUT2D eigenvalue weighted by Gasteiger charge is 2.09. The number of benzene rings is 2. The molecule has 0 atom stereocenters. The van der Waals surface area contributed by atoms with Crippen LogP contribution in [0.15, 0.2) is 48.8 Å². The quantitative estimate of drug-likeness (QED) is 0.807. The number of halogens is 1. The molecule has 22 heavy (non-hydrogen) atoms. The maximum absolute atomic E-state index is 12.4. The molecule has 3 aromatic rings. The van der Waals surface area contributed by atoms with Crippen LogP contribution in [0.4, 0.5) is 5.69 Å². The smallest absolute Gasteiger partial charge is 0.255 e. The Labute approximate surface area is 131 Å². The maximum Gasteiger partial charge on any atom is 0.255 e. The Hall–Kier alpha value is -2.73. The van der Waals surface area contributed by atoms with E-state index in [1.807, 2.05) is 13.0 Å². The van der Waals surface area contributed by atoms with Crippen molar-refractivity contribution in [2.45, 2.75) is 6.92 Å². The molecule has 0 fully saturated rings. The Bertz CT molecular complexity index is 817. The summed E-state index contributed by atoms with van der Waals surface area (Å²) in [5.41, 5.74) is 2.85. The number of hydrogen-bond donors (Lipinski definition) is 1. The third-order valence-corrected chi connectivity index (χ3v) is 3.39. The van der Waals surface area contributed by atoms with Crippen molar-refractivity contribution in [2.75, 3.05) is 5.32 Å². The first kappa shape index (κ1) is 14.2. The zero-order chi connectivity index (χ0) is 15.5. The molecule has 2 aromatic carbocycles. The monoisotopic (exact) mass is 313 g/mol. The highest BCUT2D eigenvalue weighted by molar-refractivity contribution is 6.30. The number of aryl methyl sites for hydroxylation is 1. The van der Waals surface area contributed by atoms with E-state index in [4.69, 9.17) is 11.6 Å². The minimum absolute atomic E-state index is 0.208. The molecular weight excluding hydrogens is 302 g/mol. The van der Waals surface area contributed by atoms with Gasteiger partial charge in [-0.1, -0.05) is 17.7 Å². The molecule has 1 aromatic heterocycles. The van der Waals surface area contributed by atoms with Gasteiger partial charge in [0, 0.05) is 16.3 Å². The molecule has 1 amide bonds. The molecule has 0 aliphatic heterocycles. The highest BCUT2D eigenvalue weighted by atomic mass is 35.5. The van der Waals surface area contributed by atoms with Crippen molar-refractivity contribution < 1.29 is 4.79 Å². The van der Waals surface area contributed by atoms with Crippen molar-refractivity contribution in [3.63, 3.8) is 0 Å². The van der Waals surface area contributed by atoms with E-state index in [1.54, 1.807) is 36.4 Å². The Morgan fingerprint density at radius 1 is 1.23 bits per heavy atom. The molecule has 1 heterocycles. The summed E-state index contributed by atoms with van der Waals surface area (Å²) in [5, 5.41) is 14.5. The van der Waals surface area contributed by atoms with Gasteiger partial charge in [-0.05, 0) is 59.3 Å². The van der Waals surface area contributed by atoms with Gasteiger partial charge in [0.05, 0.1) is 5.69 Å². The zero-order valence-electron chi connectivity index (χ0n) is 11.7. The first-order chi connectivity index (χ1) is 10.6. The van der Waals surface area contributed by atoms with E-state index >= 15 is 0 Å². The average molecular weight is 314 g/mol. The lowest BCUT2D eigenvalue weighted by molar-refractivity contribution is 0.102. The number of amides is 1. The molecule has 7 heteroatoms. The van der Waals surface area contributed by atoms with Crippen molar-refractivity contribution in [3.05, 3.63) is 64.9 Å². The third kappa shape index (κ3) is 2.96. The van der Waals surface area contributed by atoms with E-state index in [0.29, 0.717) is 16.3 Å². The molecule has 0 saturated heterocycles. The number of carbonyl (C=O) groups excluding carboxylic acids is 1. The summed E-state index contributed by atoms with van der Waals surface area (Å²) < 4.78 is 1.49. The Balaban J connectivity index is 1.85. The summed E-state index contributed by atoms with van der Waals surface area (Å²) in [7, 11) is 0. The van der Waals surface area contributed by atoms with Crippen molar-refractivity contribution in [1.82, 2.24) is 20.2 Å². The molecule has 0 saturated carbocycles. The van der Waals surface area contributed by atoms with Crippen LogP contribution in [0, 0.1) is 6.92 Å². The Morgan fingerprint density at radius 3 is 2.82 bits per heavy atom. The van der Waals surface area contributed by atoms with Crippen LogP contribution in [0.3, 0.4) is 0 Å². The number of carbonyl (C=O) groups is 1. The zero-order valence-corrected chi connectivity index (χ0v) is 12.4. The molecule has 0 radical (unpaired) electrons. The van der Waals surface area contributed by atoms with Crippen LogP contribution in [-0.2, 0) is 0 Å². The summed E-state index contributed by atoms with van der Waals surface area (Å²) >= 11 is 5.91. The lowest BCUT2D eigenvalue weighted by Crippen LogP contribution is -2.13. The van der Waals surface area contributed by atoms with Gasteiger partial charge in [-0.2, -0.15) is 0 Å². The fourth-order valence-electron chi connectivity index (χ4n) is 2.03. The molecule has 0 aliphatic rings. The maximum atomic E-state index is 12.4. The van der Waals surface area contributed by atoms with Crippen LogP contribution >= 0.6 is 11.6 Å². The van der Waals surface area contributed by atoms with E-state index in [0.717, 1.165) is 11.3 Å². The van der Waals surface area contributed by atoms with E-state index in [2.05, 4.69) is 20.8 Å².